The lowest BCUT2D eigenvalue weighted by atomic mass is 10.2. The molecule has 5 nitrogen and oxygen atoms in total. The summed E-state index contributed by atoms with van der Waals surface area (Å²) in [5.41, 5.74) is 0.960. The van der Waals surface area contributed by atoms with Crippen molar-refractivity contribution in [2.24, 2.45) is 0 Å². The summed E-state index contributed by atoms with van der Waals surface area (Å²) in [6.45, 7) is 2.58. The summed E-state index contributed by atoms with van der Waals surface area (Å²) < 4.78 is 20.3. The van der Waals surface area contributed by atoms with E-state index in [4.69, 9.17) is 4.74 Å². The molecule has 0 fully saturated rings. The Balaban J connectivity index is 1.90. The van der Waals surface area contributed by atoms with E-state index in [1.165, 1.54) is 6.07 Å². The quantitative estimate of drug-likeness (QED) is 0.781. The fourth-order valence-electron chi connectivity index (χ4n) is 1.69. The zero-order valence-corrected chi connectivity index (χ0v) is 12.7. The van der Waals surface area contributed by atoms with Crippen LogP contribution >= 0.6 is 15.9 Å². The Kier molecular flexibility index (Phi) is 5.63. The Hall–Kier alpha value is -1.31. The third-order valence-corrected chi connectivity index (χ3v) is 3.29. The number of hydrogen-bond donors (Lipinski definition) is 1. The van der Waals surface area contributed by atoms with Crippen molar-refractivity contribution in [1.82, 2.24) is 20.1 Å². The van der Waals surface area contributed by atoms with Gasteiger partial charge in [0.15, 0.2) is 5.82 Å². The number of rotatable bonds is 7. The van der Waals surface area contributed by atoms with Gasteiger partial charge in [0.25, 0.3) is 0 Å². The summed E-state index contributed by atoms with van der Waals surface area (Å²) in [7, 11) is 1.66. The van der Waals surface area contributed by atoms with E-state index in [1.807, 2.05) is 0 Å². The van der Waals surface area contributed by atoms with Crippen LogP contribution in [-0.4, -0.2) is 35.0 Å². The molecule has 0 bridgehead atoms. The first kappa shape index (κ1) is 15.1. The van der Waals surface area contributed by atoms with Gasteiger partial charge in [-0.25, -0.2) is 14.1 Å². The van der Waals surface area contributed by atoms with Crippen molar-refractivity contribution in [1.29, 1.82) is 0 Å². The van der Waals surface area contributed by atoms with E-state index >= 15 is 0 Å². The summed E-state index contributed by atoms with van der Waals surface area (Å²) in [4.78, 5) is 4.21. The molecule has 0 aliphatic rings. The van der Waals surface area contributed by atoms with Crippen LogP contribution in [-0.2, 0) is 17.8 Å². The topological polar surface area (TPSA) is 52.0 Å². The third-order valence-electron chi connectivity index (χ3n) is 2.68. The highest BCUT2D eigenvalue weighted by molar-refractivity contribution is 9.10. The van der Waals surface area contributed by atoms with Crippen LogP contribution in [0.2, 0.25) is 0 Å². The number of halogens is 2. The van der Waals surface area contributed by atoms with E-state index in [2.05, 4.69) is 31.3 Å². The number of ether oxygens (including phenoxy) is 1. The molecule has 1 heterocycles. The van der Waals surface area contributed by atoms with E-state index in [0.717, 1.165) is 17.9 Å². The van der Waals surface area contributed by atoms with Gasteiger partial charge in [-0.05, 0) is 33.6 Å². The predicted octanol–water partition coefficient (Wildman–Crippen LogP) is 1.96. The second kappa shape index (κ2) is 7.47. The Morgan fingerprint density at radius 2 is 2.30 bits per heavy atom. The van der Waals surface area contributed by atoms with Gasteiger partial charge in [-0.3, -0.25) is 0 Å². The van der Waals surface area contributed by atoms with Gasteiger partial charge in [0, 0.05) is 13.7 Å². The highest BCUT2D eigenvalue weighted by atomic mass is 79.9. The standard InChI is InChI=1S/C13H16BrFN4O/c1-20-5-4-16-7-13-17-9-19(18-13)8-10-2-3-12(15)11(14)6-10/h2-3,6,9,16H,4-5,7-8H2,1H3. The second-order valence-corrected chi connectivity index (χ2v) is 5.13. The van der Waals surface area contributed by atoms with Crippen LogP contribution in [0.3, 0.4) is 0 Å². The molecule has 20 heavy (non-hydrogen) atoms. The van der Waals surface area contributed by atoms with Crippen LogP contribution in [0.1, 0.15) is 11.4 Å². The molecule has 1 aromatic heterocycles. The summed E-state index contributed by atoms with van der Waals surface area (Å²) in [5, 5.41) is 7.52. The maximum Gasteiger partial charge on any atom is 0.164 e. The fourth-order valence-corrected chi connectivity index (χ4v) is 2.12. The summed E-state index contributed by atoms with van der Waals surface area (Å²) >= 11 is 3.17. The molecule has 1 N–H and O–H groups in total. The summed E-state index contributed by atoms with van der Waals surface area (Å²) in [5.74, 6) is 0.456. The summed E-state index contributed by atoms with van der Waals surface area (Å²) in [6, 6.07) is 4.91. The molecule has 7 heteroatoms. The zero-order chi connectivity index (χ0) is 14.4. The van der Waals surface area contributed by atoms with Gasteiger partial charge in [-0.15, -0.1) is 0 Å². The van der Waals surface area contributed by atoms with Crippen molar-refractivity contribution < 1.29 is 9.13 Å². The molecular weight excluding hydrogens is 327 g/mol. The SMILES string of the molecule is COCCNCc1ncn(Cc2ccc(F)c(Br)c2)n1. The monoisotopic (exact) mass is 342 g/mol. The Labute approximate surface area is 125 Å². The lowest BCUT2D eigenvalue weighted by molar-refractivity contribution is 0.199. The number of methoxy groups -OCH3 is 1. The number of nitrogens with zero attached hydrogens (tertiary/aromatic N) is 3. The molecule has 0 radical (unpaired) electrons. The molecule has 108 valence electrons. The van der Waals surface area contributed by atoms with Crippen molar-refractivity contribution in [3.8, 4) is 0 Å². The average Bonchev–Trinajstić information content (AvgIpc) is 2.87. The number of benzene rings is 1. The Morgan fingerprint density at radius 3 is 3.05 bits per heavy atom. The molecule has 0 atom stereocenters. The van der Waals surface area contributed by atoms with Gasteiger partial charge in [-0.2, -0.15) is 5.10 Å². The number of hydrogen-bond acceptors (Lipinski definition) is 4. The van der Waals surface area contributed by atoms with Crippen molar-refractivity contribution in [3.05, 3.63) is 46.2 Å². The van der Waals surface area contributed by atoms with Crippen LogP contribution in [0.5, 0.6) is 0 Å². The van der Waals surface area contributed by atoms with Gasteiger partial charge in [0.05, 0.1) is 24.2 Å². The van der Waals surface area contributed by atoms with Crippen LogP contribution < -0.4 is 5.32 Å². The molecular formula is C13H16BrFN4O. The van der Waals surface area contributed by atoms with Gasteiger partial charge < -0.3 is 10.1 Å². The zero-order valence-electron chi connectivity index (χ0n) is 11.1. The van der Waals surface area contributed by atoms with Crippen molar-refractivity contribution >= 4 is 15.9 Å². The normalized spacial score (nSPS) is 10.9. The smallest absolute Gasteiger partial charge is 0.164 e. The molecule has 0 aliphatic carbocycles. The minimum Gasteiger partial charge on any atom is -0.383 e. The van der Waals surface area contributed by atoms with Crippen LogP contribution in [0.4, 0.5) is 4.39 Å². The lowest BCUT2D eigenvalue weighted by Gasteiger charge is -2.03. The van der Waals surface area contributed by atoms with Gasteiger partial charge in [0.1, 0.15) is 12.1 Å². The first-order valence-electron chi connectivity index (χ1n) is 6.21. The molecule has 2 aromatic rings. The van der Waals surface area contributed by atoms with E-state index in [-0.39, 0.29) is 5.82 Å². The van der Waals surface area contributed by atoms with Crippen LogP contribution in [0.15, 0.2) is 29.0 Å². The van der Waals surface area contributed by atoms with E-state index in [1.54, 1.807) is 30.3 Å². The van der Waals surface area contributed by atoms with Gasteiger partial charge >= 0.3 is 0 Å². The average molecular weight is 343 g/mol. The first-order chi connectivity index (χ1) is 9.69. The van der Waals surface area contributed by atoms with E-state index in [9.17, 15) is 4.39 Å². The molecule has 0 spiro atoms. The van der Waals surface area contributed by atoms with Gasteiger partial charge in [-0.1, -0.05) is 6.07 Å². The van der Waals surface area contributed by atoms with Crippen molar-refractivity contribution in [3.63, 3.8) is 0 Å². The number of aromatic nitrogens is 3. The first-order valence-corrected chi connectivity index (χ1v) is 7.00. The minimum atomic E-state index is -0.268. The summed E-state index contributed by atoms with van der Waals surface area (Å²) in [6.07, 6.45) is 1.67. The molecule has 0 aliphatic heterocycles. The van der Waals surface area contributed by atoms with Crippen LogP contribution in [0.25, 0.3) is 0 Å². The second-order valence-electron chi connectivity index (χ2n) is 4.28. The predicted molar refractivity (Wildman–Crippen MR) is 76.8 cm³/mol. The molecule has 2 rings (SSSR count). The molecule has 0 saturated heterocycles. The fraction of sp³-hybridized carbons (Fsp3) is 0.385. The Bertz CT molecular complexity index is 561. The molecule has 0 amide bonds. The highest BCUT2D eigenvalue weighted by Gasteiger charge is 2.04. The Morgan fingerprint density at radius 1 is 1.45 bits per heavy atom. The number of nitrogens with one attached hydrogen (secondary N) is 1. The maximum atomic E-state index is 13.1. The lowest BCUT2D eigenvalue weighted by Crippen LogP contribution is -2.19. The molecule has 0 saturated carbocycles. The minimum absolute atomic E-state index is 0.268. The van der Waals surface area contributed by atoms with Crippen LogP contribution in [0, 0.1) is 5.82 Å². The molecule has 1 aromatic carbocycles. The van der Waals surface area contributed by atoms with Crippen molar-refractivity contribution in [2.75, 3.05) is 20.3 Å². The van der Waals surface area contributed by atoms with E-state index in [0.29, 0.717) is 24.2 Å². The third kappa shape index (κ3) is 4.36. The molecule has 0 unspecified atom stereocenters. The highest BCUT2D eigenvalue weighted by Crippen LogP contribution is 2.17. The van der Waals surface area contributed by atoms with Crippen molar-refractivity contribution in [2.45, 2.75) is 13.1 Å². The largest absolute Gasteiger partial charge is 0.383 e. The van der Waals surface area contributed by atoms with E-state index < -0.39 is 0 Å². The maximum absolute atomic E-state index is 13.1. The van der Waals surface area contributed by atoms with Gasteiger partial charge in [0.2, 0.25) is 0 Å².